The second-order valence-corrected chi connectivity index (χ2v) is 5.40. The largest absolute Gasteiger partial charge is 0.392 e. The minimum absolute atomic E-state index is 0.182. The first-order valence-corrected chi connectivity index (χ1v) is 7.07. The van der Waals surface area contributed by atoms with Gasteiger partial charge in [-0.3, -0.25) is 4.98 Å². The highest BCUT2D eigenvalue weighted by Crippen LogP contribution is 2.19. The van der Waals surface area contributed by atoms with E-state index in [1.54, 1.807) is 0 Å². The van der Waals surface area contributed by atoms with Crippen molar-refractivity contribution in [1.29, 1.82) is 0 Å². The molecular weight excluding hydrogens is 236 g/mol. The van der Waals surface area contributed by atoms with Gasteiger partial charge in [-0.1, -0.05) is 25.0 Å². The first-order chi connectivity index (χ1) is 9.33. The van der Waals surface area contributed by atoms with E-state index in [2.05, 4.69) is 28.5 Å². The Kier molecular flexibility index (Phi) is 3.76. The summed E-state index contributed by atoms with van der Waals surface area (Å²) >= 11 is 0. The second-order valence-electron chi connectivity index (χ2n) is 5.40. The molecule has 1 heterocycles. The number of hydrogen-bond acceptors (Lipinski definition) is 3. The summed E-state index contributed by atoms with van der Waals surface area (Å²) in [6.45, 7) is 0.819. The lowest BCUT2D eigenvalue weighted by atomic mass is 9.92. The van der Waals surface area contributed by atoms with Crippen molar-refractivity contribution in [2.45, 2.75) is 44.4 Å². The van der Waals surface area contributed by atoms with Gasteiger partial charge in [0.05, 0.1) is 6.10 Å². The van der Waals surface area contributed by atoms with Crippen molar-refractivity contribution in [1.82, 2.24) is 10.3 Å². The maximum absolute atomic E-state index is 9.95. The molecule has 2 atom stereocenters. The van der Waals surface area contributed by atoms with E-state index in [4.69, 9.17) is 0 Å². The Balaban J connectivity index is 1.67. The fourth-order valence-electron chi connectivity index (χ4n) is 2.84. The van der Waals surface area contributed by atoms with Crippen LogP contribution >= 0.6 is 0 Å². The molecule has 1 aliphatic carbocycles. The summed E-state index contributed by atoms with van der Waals surface area (Å²) in [6.07, 6.45) is 7.92. The van der Waals surface area contributed by atoms with Crippen molar-refractivity contribution in [3.63, 3.8) is 0 Å². The number of aliphatic hydroxyl groups excluding tert-OH is 1. The third kappa shape index (κ3) is 2.94. The van der Waals surface area contributed by atoms with Gasteiger partial charge in [-0.05, 0) is 35.9 Å². The van der Waals surface area contributed by atoms with E-state index < -0.39 is 0 Å². The standard InChI is InChI=1S/C16H20N2O/c19-16-4-2-1-3-15(16)18-10-12-5-6-14-11-17-8-7-13(14)9-12/h5-9,11,15-16,18-19H,1-4,10H2. The molecule has 0 spiro atoms. The number of fused-ring (bicyclic) bond motifs is 1. The third-order valence-electron chi connectivity index (χ3n) is 4.00. The van der Waals surface area contributed by atoms with Crippen LogP contribution in [0.2, 0.25) is 0 Å². The normalized spacial score (nSPS) is 23.6. The molecule has 1 aromatic heterocycles. The summed E-state index contributed by atoms with van der Waals surface area (Å²) in [4.78, 5) is 4.12. The van der Waals surface area contributed by atoms with E-state index in [-0.39, 0.29) is 12.1 Å². The monoisotopic (exact) mass is 256 g/mol. The highest BCUT2D eigenvalue weighted by molar-refractivity contribution is 5.81. The molecule has 1 aromatic carbocycles. The summed E-state index contributed by atoms with van der Waals surface area (Å²) in [5.74, 6) is 0. The van der Waals surface area contributed by atoms with Gasteiger partial charge in [-0.25, -0.2) is 0 Å². The van der Waals surface area contributed by atoms with Crippen LogP contribution in [0.5, 0.6) is 0 Å². The molecular formula is C16H20N2O. The van der Waals surface area contributed by atoms with Gasteiger partial charge in [-0.15, -0.1) is 0 Å². The highest BCUT2D eigenvalue weighted by Gasteiger charge is 2.21. The van der Waals surface area contributed by atoms with Crippen LogP contribution in [0.4, 0.5) is 0 Å². The Morgan fingerprint density at radius 2 is 2.05 bits per heavy atom. The molecule has 2 unspecified atom stereocenters. The van der Waals surface area contributed by atoms with Crippen LogP contribution in [0, 0.1) is 0 Å². The Morgan fingerprint density at radius 3 is 2.95 bits per heavy atom. The van der Waals surface area contributed by atoms with Gasteiger partial charge in [0.15, 0.2) is 0 Å². The molecule has 0 saturated heterocycles. The van der Waals surface area contributed by atoms with Crippen LogP contribution in [0.25, 0.3) is 10.8 Å². The van der Waals surface area contributed by atoms with Gasteiger partial charge in [0.25, 0.3) is 0 Å². The molecule has 1 saturated carbocycles. The van der Waals surface area contributed by atoms with E-state index in [9.17, 15) is 5.11 Å². The summed E-state index contributed by atoms with van der Waals surface area (Å²) in [6, 6.07) is 8.72. The lowest BCUT2D eigenvalue weighted by Crippen LogP contribution is -2.41. The van der Waals surface area contributed by atoms with Gasteiger partial charge in [0.2, 0.25) is 0 Å². The van der Waals surface area contributed by atoms with E-state index >= 15 is 0 Å². The van der Waals surface area contributed by atoms with E-state index in [0.29, 0.717) is 0 Å². The maximum Gasteiger partial charge on any atom is 0.0693 e. The molecule has 0 amide bonds. The number of aliphatic hydroxyl groups is 1. The number of pyridine rings is 1. The number of rotatable bonds is 3. The first kappa shape index (κ1) is 12.6. The van der Waals surface area contributed by atoms with Crippen molar-refractivity contribution in [3.05, 3.63) is 42.2 Å². The molecule has 1 aliphatic rings. The Bertz CT molecular complexity index is 555. The van der Waals surface area contributed by atoms with Crippen LogP contribution < -0.4 is 5.32 Å². The molecule has 3 heteroatoms. The minimum Gasteiger partial charge on any atom is -0.392 e. The van der Waals surface area contributed by atoms with E-state index in [1.807, 2.05) is 18.5 Å². The van der Waals surface area contributed by atoms with Crippen LogP contribution in [-0.4, -0.2) is 22.2 Å². The van der Waals surface area contributed by atoms with Crippen LogP contribution in [0.3, 0.4) is 0 Å². The fourth-order valence-corrected chi connectivity index (χ4v) is 2.84. The Morgan fingerprint density at radius 1 is 1.16 bits per heavy atom. The average molecular weight is 256 g/mol. The van der Waals surface area contributed by atoms with Gasteiger partial charge < -0.3 is 10.4 Å². The summed E-state index contributed by atoms with van der Waals surface area (Å²) in [5, 5.41) is 15.8. The van der Waals surface area contributed by atoms with Crippen LogP contribution in [0.1, 0.15) is 31.2 Å². The molecule has 19 heavy (non-hydrogen) atoms. The van der Waals surface area contributed by atoms with Gasteiger partial charge in [0, 0.05) is 30.4 Å². The van der Waals surface area contributed by atoms with Crippen molar-refractivity contribution in [3.8, 4) is 0 Å². The summed E-state index contributed by atoms with van der Waals surface area (Å²) < 4.78 is 0. The number of benzene rings is 1. The molecule has 0 bridgehead atoms. The first-order valence-electron chi connectivity index (χ1n) is 7.07. The van der Waals surface area contributed by atoms with Crippen LogP contribution in [0.15, 0.2) is 36.7 Å². The predicted molar refractivity (Wildman–Crippen MR) is 76.8 cm³/mol. The summed E-state index contributed by atoms with van der Waals surface area (Å²) in [7, 11) is 0. The molecule has 2 N–H and O–H groups in total. The number of aromatic nitrogens is 1. The number of nitrogens with zero attached hydrogens (tertiary/aromatic N) is 1. The molecule has 0 aliphatic heterocycles. The smallest absolute Gasteiger partial charge is 0.0693 e. The number of nitrogens with one attached hydrogen (secondary N) is 1. The summed E-state index contributed by atoms with van der Waals surface area (Å²) in [5.41, 5.74) is 1.26. The predicted octanol–water partition coefficient (Wildman–Crippen LogP) is 2.63. The molecule has 1 fully saturated rings. The SMILES string of the molecule is OC1CCCCC1NCc1ccc2cnccc2c1. The topological polar surface area (TPSA) is 45.1 Å². The highest BCUT2D eigenvalue weighted by atomic mass is 16.3. The maximum atomic E-state index is 9.95. The zero-order valence-electron chi connectivity index (χ0n) is 11.0. The molecule has 3 nitrogen and oxygen atoms in total. The zero-order valence-corrected chi connectivity index (χ0v) is 11.0. The zero-order chi connectivity index (χ0) is 13.1. The van der Waals surface area contributed by atoms with Gasteiger partial charge >= 0.3 is 0 Å². The van der Waals surface area contributed by atoms with Crippen molar-refractivity contribution in [2.75, 3.05) is 0 Å². The van der Waals surface area contributed by atoms with Gasteiger partial charge in [0.1, 0.15) is 0 Å². The molecule has 100 valence electrons. The van der Waals surface area contributed by atoms with Crippen LogP contribution in [-0.2, 0) is 6.54 Å². The molecule has 0 radical (unpaired) electrons. The third-order valence-corrected chi connectivity index (χ3v) is 4.00. The van der Waals surface area contributed by atoms with E-state index in [0.717, 1.165) is 25.8 Å². The quantitative estimate of drug-likeness (QED) is 0.887. The lowest BCUT2D eigenvalue weighted by molar-refractivity contribution is 0.0903. The van der Waals surface area contributed by atoms with Crippen molar-refractivity contribution in [2.24, 2.45) is 0 Å². The van der Waals surface area contributed by atoms with Gasteiger partial charge in [-0.2, -0.15) is 0 Å². The fraction of sp³-hybridized carbons (Fsp3) is 0.438. The van der Waals surface area contributed by atoms with Crippen molar-refractivity contribution >= 4 is 10.8 Å². The molecule has 2 aromatic rings. The minimum atomic E-state index is -0.182. The Labute approximate surface area is 113 Å². The average Bonchev–Trinajstić information content (AvgIpc) is 2.46. The second kappa shape index (κ2) is 5.68. The van der Waals surface area contributed by atoms with Crippen molar-refractivity contribution < 1.29 is 5.11 Å². The van der Waals surface area contributed by atoms with E-state index in [1.165, 1.54) is 22.8 Å². The Hall–Kier alpha value is -1.45. The lowest BCUT2D eigenvalue weighted by Gasteiger charge is -2.28. The number of hydrogen-bond donors (Lipinski definition) is 2. The molecule has 3 rings (SSSR count).